The maximum atomic E-state index is 10.9. The second-order valence-electron chi connectivity index (χ2n) is 5.64. The van der Waals surface area contributed by atoms with Crippen LogP contribution in [0.5, 0.6) is 0 Å². The molecule has 108 valence electrons. The maximum Gasteiger partial charge on any atom is 0.291 e. The Morgan fingerprint density at radius 3 is 2.70 bits per heavy atom. The standard InChI is InChI=1S/C13H17BrN4O2/c1-7-11(18(19)20)6-15-13(12(7)14)17-10-4-8-2-3-9(5-10)16-8/h6,8-10,16H,2-5H2,1H3,(H,15,17). The largest absolute Gasteiger partial charge is 0.366 e. The summed E-state index contributed by atoms with van der Waals surface area (Å²) in [6.45, 7) is 1.74. The Morgan fingerprint density at radius 1 is 1.45 bits per heavy atom. The van der Waals surface area contributed by atoms with Crippen molar-refractivity contribution < 1.29 is 4.92 Å². The molecule has 20 heavy (non-hydrogen) atoms. The number of anilines is 1. The minimum Gasteiger partial charge on any atom is -0.366 e. The normalized spacial score (nSPS) is 28.4. The van der Waals surface area contributed by atoms with Crippen LogP contribution in [0, 0.1) is 17.0 Å². The van der Waals surface area contributed by atoms with E-state index in [-0.39, 0.29) is 5.69 Å². The number of rotatable bonds is 3. The Labute approximate surface area is 125 Å². The van der Waals surface area contributed by atoms with E-state index in [1.54, 1.807) is 6.92 Å². The number of hydrogen-bond acceptors (Lipinski definition) is 5. The van der Waals surface area contributed by atoms with Gasteiger partial charge in [0.1, 0.15) is 12.0 Å². The summed E-state index contributed by atoms with van der Waals surface area (Å²) in [6, 6.07) is 1.59. The second kappa shape index (κ2) is 5.29. The zero-order chi connectivity index (χ0) is 14.3. The van der Waals surface area contributed by atoms with E-state index in [1.807, 2.05) is 0 Å². The SMILES string of the molecule is Cc1c([N+](=O)[O-])cnc(NC2CC3CCC(C2)N3)c1Br. The molecule has 0 aromatic carbocycles. The van der Waals surface area contributed by atoms with Crippen molar-refractivity contribution in [1.29, 1.82) is 0 Å². The summed E-state index contributed by atoms with van der Waals surface area (Å²) < 4.78 is 0.692. The maximum absolute atomic E-state index is 10.9. The Morgan fingerprint density at radius 2 is 2.10 bits per heavy atom. The molecule has 3 rings (SSSR count). The summed E-state index contributed by atoms with van der Waals surface area (Å²) in [7, 11) is 0. The molecule has 2 saturated heterocycles. The first kappa shape index (κ1) is 13.8. The Bertz CT molecular complexity index is 539. The van der Waals surface area contributed by atoms with Gasteiger partial charge in [-0.15, -0.1) is 0 Å². The van der Waals surface area contributed by atoms with E-state index in [0.717, 1.165) is 12.8 Å². The van der Waals surface area contributed by atoms with Gasteiger partial charge in [0.05, 0.1) is 9.40 Å². The van der Waals surface area contributed by atoms with Gasteiger partial charge in [0, 0.05) is 23.7 Å². The van der Waals surface area contributed by atoms with Crippen LogP contribution in [-0.2, 0) is 0 Å². The van der Waals surface area contributed by atoms with Gasteiger partial charge in [-0.05, 0) is 48.5 Å². The van der Waals surface area contributed by atoms with Gasteiger partial charge >= 0.3 is 0 Å². The van der Waals surface area contributed by atoms with Crippen LogP contribution in [0.25, 0.3) is 0 Å². The van der Waals surface area contributed by atoms with Crippen molar-refractivity contribution in [2.45, 2.75) is 50.7 Å². The number of pyridine rings is 1. The van der Waals surface area contributed by atoms with Crippen molar-refractivity contribution in [1.82, 2.24) is 10.3 Å². The van der Waals surface area contributed by atoms with Gasteiger partial charge in [-0.2, -0.15) is 0 Å². The monoisotopic (exact) mass is 340 g/mol. The highest BCUT2D eigenvalue weighted by atomic mass is 79.9. The molecule has 0 amide bonds. The highest BCUT2D eigenvalue weighted by Crippen LogP contribution is 2.33. The molecular formula is C13H17BrN4O2. The van der Waals surface area contributed by atoms with Crippen LogP contribution < -0.4 is 10.6 Å². The zero-order valence-electron chi connectivity index (χ0n) is 11.2. The van der Waals surface area contributed by atoms with Gasteiger partial charge in [0.25, 0.3) is 5.69 Å². The van der Waals surface area contributed by atoms with Gasteiger partial charge in [-0.3, -0.25) is 10.1 Å². The summed E-state index contributed by atoms with van der Waals surface area (Å²) >= 11 is 3.43. The minimum absolute atomic E-state index is 0.0489. The molecule has 0 aliphatic carbocycles. The molecule has 2 N–H and O–H groups in total. The lowest BCUT2D eigenvalue weighted by molar-refractivity contribution is -0.385. The summed E-state index contributed by atoms with van der Waals surface area (Å²) in [4.78, 5) is 14.7. The first-order valence-electron chi connectivity index (χ1n) is 6.86. The highest BCUT2D eigenvalue weighted by molar-refractivity contribution is 9.10. The molecule has 0 radical (unpaired) electrons. The molecule has 0 spiro atoms. The molecule has 6 nitrogen and oxygen atoms in total. The third-order valence-electron chi connectivity index (χ3n) is 4.25. The summed E-state index contributed by atoms with van der Waals surface area (Å²) in [5.74, 6) is 0.708. The summed E-state index contributed by atoms with van der Waals surface area (Å²) in [6.07, 6.45) is 5.99. The number of nitrogens with one attached hydrogen (secondary N) is 2. The van der Waals surface area contributed by atoms with Crippen molar-refractivity contribution in [2.75, 3.05) is 5.32 Å². The molecule has 2 unspecified atom stereocenters. The third kappa shape index (κ3) is 2.52. The van der Waals surface area contributed by atoms with E-state index in [1.165, 1.54) is 19.0 Å². The molecular weight excluding hydrogens is 324 g/mol. The van der Waals surface area contributed by atoms with Crippen LogP contribution in [0.15, 0.2) is 10.7 Å². The quantitative estimate of drug-likeness (QED) is 0.653. The first-order chi connectivity index (χ1) is 9.54. The smallest absolute Gasteiger partial charge is 0.291 e. The fourth-order valence-corrected chi connectivity index (χ4v) is 3.64. The number of fused-ring (bicyclic) bond motifs is 2. The average molecular weight is 341 g/mol. The van der Waals surface area contributed by atoms with E-state index in [9.17, 15) is 10.1 Å². The molecule has 3 heterocycles. The number of halogens is 1. The third-order valence-corrected chi connectivity index (χ3v) is 5.22. The summed E-state index contributed by atoms with van der Waals surface area (Å²) in [5, 5.41) is 17.9. The minimum atomic E-state index is -0.401. The number of nitrogens with zero attached hydrogens (tertiary/aromatic N) is 2. The van der Waals surface area contributed by atoms with E-state index in [0.29, 0.717) is 34.0 Å². The molecule has 2 aliphatic rings. The van der Waals surface area contributed by atoms with Crippen molar-refractivity contribution in [3.63, 3.8) is 0 Å². The predicted molar refractivity (Wildman–Crippen MR) is 79.9 cm³/mol. The topological polar surface area (TPSA) is 80.1 Å². The van der Waals surface area contributed by atoms with E-state index >= 15 is 0 Å². The lowest BCUT2D eigenvalue weighted by atomic mass is 10.00. The zero-order valence-corrected chi connectivity index (χ0v) is 12.8. The average Bonchev–Trinajstić information content (AvgIpc) is 2.74. The van der Waals surface area contributed by atoms with Crippen molar-refractivity contribution in [3.8, 4) is 0 Å². The molecule has 2 aliphatic heterocycles. The number of nitro groups is 1. The van der Waals surface area contributed by atoms with Gasteiger partial charge in [0.15, 0.2) is 0 Å². The van der Waals surface area contributed by atoms with E-state index in [4.69, 9.17) is 0 Å². The second-order valence-corrected chi connectivity index (χ2v) is 6.43. The molecule has 7 heteroatoms. The fraction of sp³-hybridized carbons (Fsp3) is 0.615. The Kier molecular flexibility index (Phi) is 3.64. The van der Waals surface area contributed by atoms with E-state index < -0.39 is 4.92 Å². The van der Waals surface area contributed by atoms with Crippen LogP contribution in [-0.4, -0.2) is 28.0 Å². The molecule has 2 fully saturated rings. The van der Waals surface area contributed by atoms with Gasteiger partial charge in [-0.25, -0.2) is 4.98 Å². The fourth-order valence-electron chi connectivity index (χ4n) is 3.22. The molecule has 1 aromatic rings. The van der Waals surface area contributed by atoms with Gasteiger partial charge < -0.3 is 10.6 Å². The van der Waals surface area contributed by atoms with Crippen LogP contribution in [0.1, 0.15) is 31.2 Å². The molecule has 1 aromatic heterocycles. The first-order valence-corrected chi connectivity index (χ1v) is 7.66. The van der Waals surface area contributed by atoms with Gasteiger partial charge in [-0.1, -0.05) is 0 Å². The Balaban J connectivity index is 1.78. The number of aromatic nitrogens is 1. The van der Waals surface area contributed by atoms with Crippen molar-refractivity contribution in [2.24, 2.45) is 0 Å². The molecule has 2 atom stereocenters. The lowest BCUT2D eigenvalue weighted by Crippen LogP contribution is -2.43. The predicted octanol–water partition coefficient (Wildman–Crippen LogP) is 2.76. The van der Waals surface area contributed by atoms with Crippen LogP contribution in [0.3, 0.4) is 0 Å². The number of hydrogen-bond donors (Lipinski definition) is 2. The van der Waals surface area contributed by atoms with Crippen LogP contribution in [0.2, 0.25) is 0 Å². The Hall–Kier alpha value is -1.21. The number of piperidine rings is 1. The van der Waals surface area contributed by atoms with Crippen molar-refractivity contribution in [3.05, 3.63) is 26.3 Å². The van der Waals surface area contributed by atoms with E-state index in [2.05, 4.69) is 31.5 Å². The molecule has 0 saturated carbocycles. The highest BCUT2D eigenvalue weighted by Gasteiger charge is 2.33. The molecule has 2 bridgehead atoms. The van der Waals surface area contributed by atoms with Crippen LogP contribution in [0.4, 0.5) is 11.5 Å². The van der Waals surface area contributed by atoms with Crippen LogP contribution >= 0.6 is 15.9 Å². The van der Waals surface area contributed by atoms with Crippen molar-refractivity contribution >= 4 is 27.4 Å². The summed E-state index contributed by atoms with van der Waals surface area (Å²) in [5.41, 5.74) is 0.664. The van der Waals surface area contributed by atoms with Gasteiger partial charge in [0.2, 0.25) is 0 Å². The lowest BCUT2D eigenvalue weighted by Gasteiger charge is -2.30.